The van der Waals surface area contributed by atoms with Crippen molar-refractivity contribution in [3.63, 3.8) is 0 Å². The first kappa shape index (κ1) is 23.9. The highest BCUT2D eigenvalue weighted by atomic mass is 127. The van der Waals surface area contributed by atoms with Crippen LogP contribution in [0.3, 0.4) is 0 Å². The van der Waals surface area contributed by atoms with Crippen LogP contribution in [-0.4, -0.2) is 61.5 Å². The highest BCUT2D eigenvalue weighted by molar-refractivity contribution is 14.0. The fourth-order valence-electron chi connectivity index (χ4n) is 2.89. The molecule has 0 spiro atoms. The summed E-state index contributed by atoms with van der Waals surface area (Å²) < 4.78 is 5.49. The second kappa shape index (κ2) is 13.1. The van der Waals surface area contributed by atoms with Gasteiger partial charge in [0, 0.05) is 26.2 Å². The minimum absolute atomic E-state index is 0. The smallest absolute Gasteiger partial charge is 0.194 e. The van der Waals surface area contributed by atoms with Gasteiger partial charge in [-0.15, -0.1) is 24.0 Å². The Morgan fingerprint density at radius 2 is 2.00 bits per heavy atom. The third-order valence-corrected chi connectivity index (χ3v) is 4.20. The van der Waals surface area contributed by atoms with Gasteiger partial charge in [0.15, 0.2) is 5.96 Å². The molecule has 0 radical (unpaired) electrons. The molecule has 27 heavy (non-hydrogen) atoms. The van der Waals surface area contributed by atoms with Gasteiger partial charge in [-0.3, -0.25) is 4.99 Å². The average molecular weight is 487 g/mol. The van der Waals surface area contributed by atoms with Crippen LogP contribution in [-0.2, 0) is 4.74 Å². The Labute approximate surface area is 180 Å². The van der Waals surface area contributed by atoms with E-state index in [9.17, 15) is 5.11 Å². The predicted molar refractivity (Wildman–Crippen MR) is 124 cm³/mol. The van der Waals surface area contributed by atoms with E-state index in [-0.39, 0.29) is 24.0 Å². The Hall–Kier alpha value is -1.12. The van der Waals surface area contributed by atoms with E-state index in [0.29, 0.717) is 25.7 Å². The van der Waals surface area contributed by atoms with Gasteiger partial charge in [0.2, 0.25) is 0 Å². The summed E-state index contributed by atoms with van der Waals surface area (Å²) in [7, 11) is 0. The fourth-order valence-corrected chi connectivity index (χ4v) is 2.89. The van der Waals surface area contributed by atoms with E-state index < -0.39 is 6.10 Å². The number of nitrogens with one attached hydrogen (secondary N) is 1. The topological polar surface area (TPSA) is 57.1 Å². The van der Waals surface area contributed by atoms with Gasteiger partial charge in [-0.1, -0.05) is 50.3 Å². The molecule has 1 aliphatic heterocycles. The van der Waals surface area contributed by atoms with Crippen LogP contribution < -0.4 is 5.32 Å². The lowest BCUT2D eigenvalue weighted by molar-refractivity contribution is 0.0300. The molecule has 6 heteroatoms. The first-order valence-corrected chi connectivity index (χ1v) is 9.63. The van der Waals surface area contributed by atoms with Gasteiger partial charge in [0.1, 0.15) is 0 Å². The zero-order chi connectivity index (χ0) is 18.8. The van der Waals surface area contributed by atoms with Crippen molar-refractivity contribution >= 4 is 35.5 Å². The van der Waals surface area contributed by atoms with E-state index in [4.69, 9.17) is 4.74 Å². The van der Waals surface area contributed by atoms with Crippen molar-refractivity contribution in [1.29, 1.82) is 0 Å². The molecule has 1 heterocycles. The highest BCUT2D eigenvalue weighted by Gasteiger charge is 2.16. The third-order valence-electron chi connectivity index (χ3n) is 4.20. The number of aliphatic hydroxyl groups excluding tert-OH is 1. The SMILES string of the molecule is CCNC(=NCC(O)COCC(C)C)N1CC=C(c2ccccc2)CC1.I. The second-order valence-corrected chi connectivity index (χ2v) is 7.07. The van der Waals surface area contributed by atoms with Crippen molar-refractivity contribution in [3.05, 3.63) is 42.0 Å². The second-order valence-electron chi connectivity index (χ2n) is 7.07. The summed E-state index contributed by atoms with van der Waals surface area (Å²) in [4.78, 5) is 6.84. The normalized spacial score (nSPS) is 16.0. The maximum absolute atomic E-state index is 10.1. The number of aliphatic imine (C=N–C) groups is 1. The molecule has 0 fully saturated rings. The lowest BCUT2D eigenvalue weighted by Crippen LogP contribution is -2.44. The zero-order valence-corrected chi connectivity index (χ0v) is 19.1. The monoisotopic (exact) mass is 487 g/mol. The van der Waals surface area contributed by atoms with Crippen molar-refractivity contribution < 1.29 is 9.84 Å². The molecule has 0 aromatic heterocycles. The number of guanidine groups is 1. The minimum Gasteiger partial charge on any atom is -0.389 e. The summed E-state index contributed by atoms with van der Waals surface area (Å²) in [5, 5.41) is 13.4. The lowest BCUT2D eigenvalue weighted by atomic mass is 10.00. The third kappa shape index (κ3) is 8.62. The number of hydrogen-bond donors (Lipinski definition) is 2. The van der Waals surface area contributed by atoms with Crippen LogP contribution in [0, 0.1) is 5.92 Å². The van der Waals surface area contributed by atoms with Gasteiger partial charge in [-0.25, -0.2) is 0 Å². The van der Waals surface area contributed by atoms with Crippen molar-refractivity contribution in [1.82, 2.24) is 10.2 Å². The molecule has 1 aromatic rings. The molecule has 0 saturated heterocycles. The maximum Gasteiger partial charge on any atom is 0.194 e. The molecule has 2 rings (SSSR count). The van der Waals surface area contributed by atoms with E-state index in [1.165, 1.54) is 11.1 Å². The molecular formula is C21H34IN3O2. The number of rotatable bonds is 8. The number of nitrogens with zero attached hydrogens (tertiary/aromatic N) is 2. The van der Waals surface area contributed by atoms with Crippen LogP contribution in [0.1, 0.15) is 32.8 Å². The first-order chi connectivity index (χ1) is 12.6. The molecule has 152 valence electrons. The Kier molecular flexibility index (Phi) is 11.6. The lowest BCUT2D eigenvalue weighted by Gasteiger charge is -2.30. The molecule has 1 atom stereocenters. The largest absolute Gasteiger partial charge is 0.389 e. The van der Waals surface area contributed by atoms with Gasteiger partial charge in [-0.2, -0.15) is 0 Å². The molecule has 5 nitrogen and oxygen atoms in total. The summed E-state index contributed by atoms with van der Waals surface area (Å²) in [5.74, 6) is 1.33. The van der Waals surface area contributed by atoms with Gasteiger partial charge >= 0.3 is 0 Å². The average Bonchev–Trinajstić information content (AvgIpc) is 2.66. The van der Waals surface area contributed by atoms with Crippen LogP contribution in [0.25, 0.3) is 5.57 Å². The van der Waals surface area contributed by atoms with Crippen LogP contribution >= 0.6 is 24.0 Å². The number of halogens is 1. The molecule has 1 aliphatic rings. The molecule has 0 saturated carbocycles. The van der Waals surface area contributed by atoms with Crippen LogP contribution in [0.2, 0.25) is 0 Å². The minimum atomic E-state index is -0.567. The maximum atomic E-state index is 10.1. The van der Waals surface area contributed by atoms with Gasteiger partial charge in [0.25, 0.3) is 0 Å². The molecule has 1 unspecified atom stereocenters. The van der Waals surface area contributed by atoms with Gasteiger partial charge in [-0.05, 0) is 30.4 Å². The fraction of sp³-hybridized carbons (Fsp3) is 0.571. The number of hydrogen-bond acceptors (Lipinski definition) is 3. The summed E-state index contributed by atoms with van der Waals surface area (Å²) in [6.07, 6.45) is 2.70. The first-order valence-electron chi connectivity index (χ1n) is 9.63. The zero-order valence-electron chi connectivity index (χ0n) is 16.7. The highest BCUT2D eigenvalue weighted by Crippen LogP contribution is 2.21. The predicted octanol–water partition coefficient (Wildman–Crippen LogP) is 3.39. The van der Waals surface area contributed by atoms with E-state index in [1.807, 2.05) is 6.07 Å². The van der Waals surface area contributed by atoms with Crippen molar-refractivity contribution in [2.45, 2.75) is 33.3 Å². The van der Waals surface area contributed by atoms with Gasteiger partial charge < -0.3 is 20.1 Å². The van der Waals surface area contributed by atoms with Crippen LogP contribution in [0.5, 0.6) is 0 Å². The molecule has 0 bridgehead atoms. The Balaban J connectivity index is 0.00000364. The molecular weight excluding hydrogens is 453 g/mol. The standard InChI is InChI=1S/C21H33N3O2.HI/c1-4-22-21(23-14-20(25)16-26-15-17(2)3)24-12-10-19(11-13-24)18-8-6-5-7-9-18;/h5-10,17,20,25H,4,11-16H2,1-3H3,(H,22,23);1H. The van der Waals surface area contributed by atoms with E-state index in [2.05, 4.69) is 66.3 Å². The summed E-state index contributed by atoms with van der Waals surface area (Å²) in [6, 6.07) is 10.5. The van der Waals surface area contributed by atoms with Crippen molar-refractivity contribution in [2.75, 3.05) is 39.4 Å². The Morgan fingerprint density at radius 3 is 2.59 bits per heavy atom. The number of ether oxygens (including phenoxy) is 1. The van der Waals surface area contributed by atoms with Crippen LogP contribution in [0.4, 0.5) is 0 Å². The molecule has 2 N–H and O–H groups in total. The number of aliphatic hydroxyl groups is 1. The van der Waals surface area contributed by atoms with Crippen LogP contribution in [0.15, 0.2) is 41.4 Å². The summed E-state index contributed by atoms with van der Waals surface area (Å²) >= 11 is 0. The summed E-state index contributed by atoms with van der Waals surface area (Å²) in [5.41, 5.74) is 2.69. The molecule has 0 aliphatic carbocycles. The Bertz CT molecular complexity index is 590. The molecule has 1 aromatic carbocycles. The summed E-state index contributed by atoms with van der Waals surface area (Å²) in [6.45, 7) is 10.2. The molecule has 0 amide bonds. The van der Waals surface area contributed by atoms with Crippen molar-refractivity contribution in [3.8, 4) is 0 Å². The quantitative estimate of drug-likeness (QED) is 0.336. The van der Waals surface area contributed by atoms with Gasteiger partial charge in [0.05, 0.1) is 19.3 Å². The van der Waals surface area contributed by atoms with E-state index in [0.717, 1.165) is 32.0 Å². The van der Waals surface area contributed by atoms with E-state index in [1.54, 1.807) is 0 Å². The van der Waals surface area contributed by atoms with E-state index >= 15 is 0 Å². The number of benzene rings is 1. The van der Waals surface area contributed by atoms with Crippen molar-refractivity contribution in [2.24, 2.45) is 10.9 Å². The Morgan fingerprint density at radius 1 is 1.26 bits per heavy atom.